The Hall–Kier alpha value is -1.75. The fourth-order valence-electron chi connectivity index (χ4n) is 3.62. The lowest BCUT2D eigenvalue weighted by Gasteiger charge is -2.22. The van der Waals surface area contributed by atoms with Crippen LogP contribution in [0.5, 0.6) is 11.5 Å². The first-order chi connectivity index (χ1) is 12.2. The summed E-state index contributed by atoms with van der Waals surface area (Å²) in [5, 5.41) is 11.1. The molecule has 0 aliphatic carbocycles. The Labute approximate surface area is 152 Å². The van der Waals surface area contributed by atoms with E-state index in [2.05, 4.69) is 11.0 Å². The molecular weight excluding hydrogens is 338 g/mol. The molecular formula is C20H22ClNO3. The predicted molar refractivity (Wildman–Crippen MR) is 98.3 cm³/mol. The molecule has 2 aliphatic rings. The van der Waals surface area contributed by atoms with Gasteiger partial charge in [0.15, 0.2) is 11.5 Å². The van der Waals surface area contributed by atoms with Gasteiger partial charge in [-0.25, -0.2) is 0 Å². The Kier molecular flexibility index (Phi) is 4.84. The topological polar surface area (TPSA) is 41.9 Å². The maximum atomic E-state index is 10.5. The van der Waals surface area contributed by atoms with Gasteiger partial charge in [0, 0.05) is 36.8 Å². The van der Waals surface area contributed by atoms with Crippen LogP contribution in [0.25, 0.3) is 11.1 Å². The Morgan fingerprint density at radius 1 is 1.16 bits per heavy atom. The van der Waals surface area contributed by atoms with E-state index >= 15 is 0 Å². The minimum Gasteiger partial charge on any atom is -0.504 e. The van der Waals surface area contributed by atoms with Gasteiger partial charge in [-0.15, -0.1) is 0 Å². The Balaban J connectivity index is 1.62. The van der Waals surface area contributed by atoms with E-state index in [-0.39, 0.29) is 5.75 Å². The number of rotatable bonds is 3. The molecule has 4 nitrogen and oxygen atoms in total. The first kappa shape index (κ1) is 16.7. The van der Waals surface area contributed by atoms with Gasteiger partial charge >= 0.3 is 0 Å². The highest BCUT2D eigenvalue weighted by molar-refractivity contribution is 6.30. The minimum atomic E-state index is 0.187. The molecule has 132 valence electrons. The molecule has 0 amide bonds. The van der Waals surface area contributed by atoms with Crippen LogP contribution < -0.4 is 4.74 Å². The first-order valence-electron chi connectivity index (χ1n) is 8.77. The highest BCUT2D eigenvalue weighted by Gasteiger charge is 2.24. The molecule has 0 bridgehead atoms. The first-order valence-corrected chi connectivity index (χ1v) is 9.15. The highest BCUT2D eigenvalue weighted by Crippen LogP contribution is 2.38. The average Bonchev–Trinajstić information content (AvgIpc) is 3.01. The van der Waals surface area contributed by atoms with Crippen LogP contribution in [0.2, 0.25) is 5.02 Å². The van der Waals surface area contributed by atoms with Crippen molar-refractivity contribution in [3.05, 3.63) is 47.0 Å². The molecule has 0 spiro atoms. The molecule has 0 radical (unpaired) electrons. The molecule has 0 unspecified atom stereocenters. The van der Waals surface area contributed by atoms with E-state index < -0.39 is 0 Å². The molecule has 2 aromatic rings. The molecule has 1 fully saturated rings. The summed E-state index contributed by atoms with van der Waals surface area (Å²) in [6.07, 6.45) is 2.58. The van der Waals surface area contributed by atoms with E-state index in [0.29, 0.717) is 23.5 Å². The van der Waals surface area contributed by atoms with Gasteiger partial charge in [-0.1, -0.05) is 23.7 Å². The van der Waals surface area contributed by atoms with Crippen LogP contribution in [-0.4, -0.2) is 42.4 Å². The van der Waals surface area contributed by atoms with Crippen LogP contribution in [0.4, 0.5) is 0 Å². The number of aromatic hydroxyl groups is 1. The molecule has 0 aromatic heterocycles. The number of hydrogen-bond donors (Lipinski definition) is 1. The largest absolute Gasteiger partial charge is 0.504 e. The molecule has 1 N–H and O–H groups in total. The van der Waals surface area contributed by atoms with E-state index in [1.807, 2.05) is 24.3 Å². The number of fused-ring (bicyclic) bond motifs is 1. The van der Waals surface area contributed by atoms with Crippen molar-refractivity contribution < 1.29 is 14.6 Å². The molecule has 1 atom stereocenters. The lowest BCUT2D eigenvalue weighted by molar-refractivity contribution is 0.0687. The van der Waals surface area contributed by atoms with Gasteiger partial charge in [0.1, 0.15) is 6.61 Å². The van der Waals surface area contributed by atoms with Gasteiger partial charge in [0.05, 0.1) is 6.10 Å². The van der Waals surface area contributed by atoms with Crippen molar-refractivity contribution in [2.75, 3.05) is 26.3 Å². The van der Waals surface area contributed by atoms with E-state index in [1.165, 1.54) is 0 Å². The monoisotopic (exact) mass is 359 g/mol. The molecule has 5 heteroatoms. The molecule has 2 heterocycles. The molecule has 2 aliphatic heterocycles. The van der Waals surface area contributed by atoms with Crippen molar-refractivity contribution in [1.29, 1.82) is 0 Å². The Morgan fingerprint density at radius 3 is 2.88 bits per heavy atom. The second-order valence-corrected chi connectivity index (χ2v) is 7.15. The SMILES string of the molecule is Oc1cc(-c2cccc(Cl)c2)cc2c1OCCN(C[C@H]1CCCO1)C2. The maximum Gasteiger partial charge on any atom is 0.165 e. The third-order valence-corrected chi connectivity index (χ3v) is 5.07. The zero-order valence-electron chi connectivity index (χ0n) is 14.1. The number of phenols is 1. The maximum absolute atomic E-state index is 10.5. The van der Waals surface area contributed by atoms with Gasteiger partial charge in [0.2, 0.25) is 0 Å². The highest BCUT2D eigenvalue weighted by atomic mass is 35.5. The summed E-state index contributed by atoms with van der Waals surface area (Å²) in [7, 11) is 0. The van der Waals surface area contributed by atoms with Crippen molar-refractivity contribution >= 4 is 11.6 Å². The van der Waals surface area contributed by atoms with Crippen LogP contribution >= 0.6 is 11.6 Å². The van der Waals surface area contributed by atoms with E-state index in [4.69, 9.17) is 21.1 Å². The quantitative estimate of drug-likeness (QED) is 0.896. The van der Waals surface area contributed by atoms with Crippen molar-refractivity contribution in [3.8, 4) is 22.6 Å². The second-order valence-electron chi connectivity index (χ2n) is 6.71. The third kappa shape index (κ3) is 3.76. The Bertz CT molecular complexity index is 759. The van der Waals surface area contributed by atoms with Crippen LogP contribution in [0.15, 0.2) is 36.4 Å². The van der Waals surface area contributed by atoms with Gasteiger partial charge < -0.3 is 14.6 Å². The van der Waals surface area contributed by atoms with Crippen molar-refractivity contribution in [2.24, 2.45) is 0 Å². The predicted octanol–water partition coefficient (Wildman–Crippen LogP) is 4.09. The van der Waals surface area contributed by atoms with E-state index in [9.17, 15) is 5.11 Å². The number of ether oxygens (including phenoxy) is 2. The summed E-state index contributed by atoms with van der Waals surface area (Å²) >= 11 is 6.11. The summed E-state index contributed by atoms with van der Waals surface area (Å²) in [5.74, 6) is 0.784. The zero-order valence-corrected chi connectivity index (χ0v) is 14.8. The summed E-state index contributed by atoms with van der Waals surface area (Å²) in [4.78, 5) is 2.35. The van der Waals surface area contributed by atoms with Gasteiger partial charge in [-0.2, -0.15) is 0 Å². The lowest BCUT2D eigenvalue weighted by Crippen LogP contribution is -2.33. The summed E-state index contributed by atoms with van der Waals surface area (Å²) in [6, 6.07) is 11.5. The van der Waals surface area contributed by atoms with Gasteiger partial charge in [-0.05, 0) is 48.2 Å². The number of nitrogens with zero attached hydrogens (tertiary/aromatic N) is 1. The van der Waals surface area contributed by atoms with Crippen LogP contribution in [-0.2, 0) is 11.3 Å². The third-order valence-electron chi connectivity index (χ3n) is 4.84. The van der Waals surface area contributed by atoms with Crippen molar-refractivity contribution in [2.45, 2.75) is 25.5 Å². The average molecular weight is 360 g/mol. The molecule has 4 rings (SSSR count). The second kappa shape index (κ2) is 7.24. The summed E-state index contributed by atoms with van der Waals surface area (Å²) in [5.41, 5.74) is 2.94. The van der Waals surface area contributed by atoms with Crippen LogP contribution in [0, 0.1) is 0 Å². The van der Waals surface area contributed by atoms with Crippen LogP contribution in [0.3, 0.4) is 0 Å². The molecule has 0 saturated carbocycles. The minimum absolute atomic E-state index is 0.187. The van der Waals surface area contributed by atoms with Crippen LogP contribution in [0.1, 0.15) is 18.4 Å². The molecule has 25 heavy (non-hydrogen) atoms. The van der Waals surface area contributed by atoms with Crippen molar-refractivity contribution in [3.63, 3.8) is 0 Å². The normalized spacial score (nSPS) is 20.8. The fraction of sp³-hybridized carbons (Fsp3) is 0.400. The zero-order chi connectivity index (χ0) is 17.2. The smallest absolute Gasteiger partial charge is 0.165 e. The fourth-order valence-corrected chi connectivity index (χ4v) is 3.81. The number of hydrogen-bond acceptors (Lipinski definition) is 4. The number of halogens is 1. The summed E-state index contributed by atoms with van der Waals surface area (Å²) in [6.45, 7) is 3.93. The number of benzene rings is 2. The summed E-state index contributed by atoms with van der Waals surface area (Å²) < 4.78 is 11.6. The van der Waals surface area contributed by atoms with Crippen molar-refractivity contribution in [1.82, 2.24) is 4.90 Å². The molecule has 2 aromatic carbocycles. The van der Waals surface area contributed by atoms with E-state index in [1.54, 1.807) is 6.07 Å². The molecule has 1 saturated heterocycles. The van der Waals surface area contributed by atoms with Gasteiger partial charge in [0.25, 0.3) is 0 Å². The Morgan fingerprint density at radius 2 is 2.08 bits per heavy atom. The lowest BCUT2D eigenvalue weighted by atomic mass is 10.0. The van der Waals surface area contributed by atoms with E-state index in [0.717, 1.165) is 55.8 Å². The van der Waals surface area contributed by atoms with Gasteiger partial charge in [-0.3, -0.25) is 4.90 Å². The standard InChI is InChI=1S/C20H22ClNO3/c21-17-4-1-3-14(10-17)15-9-16-12-22(13-18-5-2-7-24-18)6-8-25-20(16)19(23)11-15/h1,3-4,9-11,18,23H,2,5-8,12-13H2/t18-/m1/s1. The number of phenolic OH excluding ortho intramolecular Hbond substituents is 1.